The van der Waals surface area contributed by atoms with Crippen molar-refractivity contribution in [3.63, 3.8) is 0 Å². The van der Waals surface area contributed by atoms with Gasteiger partial charge >= 0.3 is 0 Å². The zero-order valence-corrected chi connectivity index (χ0v) is 20.2. The third-order valence-corrected chi connectivity index (χ3v) is 5.80. The molecule has 0 atom stereocenters. The van der Waals surface area contributed by atoms with Gasteiger partial charge in [-0.15, -0.1) is 0 Å². The van der Waals surface area contributed by atoms with E-state index < -0.39 is 0 Å². The normalized spacial score (nSPS) is 14.6. The quantitative estimate of drug-likeness (QED) is 0.661. The predicted molar refractivity (Wildman–Crippen MR) is 127 cm³/mol. The molecule has 2 aromatic rings. The molecule has 1 aliphatic rings. The minimum atomic E-state index is -0.0391. The molecule has 6 nitrogen and oxygen atoms in total. The van der Waals surface area contributed by atoms with Gasteiger partial charge in [0.25, 0.3) is 5.91 Å². The van der Waals surface area contributed by atoms with E-state index in [9.17, 15) is 9.59 Å². The van der Waals surface area contributed by atoms with Crippen LogP contribution in [0.5, 0.6) is 5.75 Å². The van der Waals surface area contributed by atoms with Crippen LogP contribution in [0.25, 0.3) is 0 Å². The number of benzene rings is 2. The van der Waals surface area contributed by atoms with Crippen molar-refractivity contribution in [1.82, 2.24) is 9.80 Å². The van der Waals surface area contributed by atoms with Crippen molar-refractivity contribution in [2.45, 2.75) is 33.8 Å². The molecule has 0 radical (unpaired) electrons. The van der Waals surface area contributed by atoms with Gasteiger partial charge in [-0.2, -0.15) is 0 Å². The molecule has 3 rings (SSSR count). The van der Waals surface area contributed by atoms with E-state index in [1.807, 2.05) is 62.9 Å². The monoisotopic (exact) mass is 487 g/mol. The van der Waals surface area contributed by atoms with Crippen molar-refractivity contribution in [1.29, 1.82) is 0 Å². The highest BCUT2D eigenvalue weighted by Crippen LogP contribution is 2.26. The van der Waals surface area contributed by atoms with Crippen LogP contribution < -0.4 is 10.1 Å². The van der Waals surface area contributed by atoms with Crippen LogP contribution in [0, 0.1) is 13.8 Å². The first-order valence-corrected chi connectivity index (χ1v) is 11.4. The van der Waals surface area contributed by atoms with E-state index >= 15 is 0 Å². The average molecular weight is 488 g/mol. The average Bonchev–Trinajstić information content (AvgIpc) is 2.71. The molecule has 2 amide bonds. The van der Waals surface area contributed by atoms with Gasteiger partial charge in [0.05, 0.1) is 18.2 Å². The Kier molecular flexibility index (Phi) is 7.73. The molecular formula is C24H30BrN3O3. The summed E-state index contributed by atoms with van der Waals surface area (Å²) >= 11 is 3.45. The minimum Gasteiger partial charge on any atom is -0.490 e. The number of rotatable bonds is 6. The number of aryl methyl sites for hydroxylation is 2. The largest absolute Gasteiger partial charge is 0.490 e. The lowest BCUT2D eigenvalue weighted by Gasteiger charge is -2.34. The summed E-state index contributed by atoms with van der Waals surface area (Å²) in [6.07, 6.45) is -0.0203. The molecule has 0 aromatic heterocycles. The fourth-order valence-corrected chi connectivity index (χ4v) is 4.04. The molecule has 31 heavy (non-hydrogen) atoms. The molecule has 0 bridgehead atoms. The first-order valence-electron chi connectivity index (χ1n) is 10.6. The van der Waals surface area contributed by atoms with Gasteiger partial charge in [0, 0.05) is 36.3 Å². The number of hydrogen-bond donors (Lipinski definition) is 1. The van der Waals surface area contributed by atoms with Gasteiger partial charge in [0.1, 0.15) is 5.75 Å². The van der Waals surface area contributed by atoms with Crippen molar-refractivity contribution in [2.24, 2.45) is 0 Å². The van der Waals surface area contributed by atoms with E-state index in [2.05, 4.69) is 26.1 Å². The Hall–Kier alpha value is -2.38. The lowest BCUT2D eigenvalue weighted by atomic mass is 10.1. The van der Waals surface area contributed by atoms with Crippen LogP contribution in [0.15, 0.2) is 40.9 Å². The highest BCUT2D eigenvalue weighted by atomic mass is 79.9. The molecule has 166 valence electrons. The summed E-state index contributed by atoms with van der Waals surface area (Å²) in [5, 5.41) is 3.03. The summed E-state index contributed by atoms with van der Waals surface area (Å²) < 4.78 is 6.72. The Morgan fingerprint density at radius 3 is 2.32 bits per heavy atom. The van der Waals surface area contributed by atoms with Crippen LogP contribution in [0.1, 0.15) is 35.3 Å². The van der Waals surface area contributed by atoms with E-state index in [0.717, 1.165) is 21.3 Å². The molecule has 1 aliphatic heterocycles. The van der Waals surface area contributed by atoms with Crippen LogP contribution >= 0.6 is 15.9 Å². The van der Waals surface area contributed by atoms with E-state index in [1.165, 1.54) is 0 Å². The zero-order valence-electron chi connectivity index (χ0n) is 18.6. The number of halogens is 1. The number of hydrogen-bond acceptors (Lipinski definition) is 4. The highest BCUT2D eigenvalue weighted by molar-refractivity contribution is 9.10. The van der Waals surface area contributed by atoms with Crippen molar-refractivity contribution in [2.75, 3.05) is 38.0 Å². The maximum atomic E-state index is 13.1. The second kappa shape index (κ2) is 10.3. The minimum absolute atomic E-state index is 0.0203. The van der Waals surface area contributed by atoms with Crippen LogP contribution in [-0.2, 0) is 4.79 Å². The molecule has 0 saturated carbocycles. The lowest BCUT2D eigenvalue weighted by Crippen LogP contribution is -2.50. The Bertz CT molecular complexity index is 933. The van der Waals surface area contributed by atoms with Gasteiger partial charge in [0.15, 0.2) is 0 Å². The topological polar surface area (TPSA) is 61.9 Å². The number of para-hydroxylation sites is 1. The Morgan fingerprint density at radius 1 is 1.06 bits per heavy atom. The first-order chi connectivity index (χ1) is 14.7. The van der Waals surface area contributed by atoms with Gasteiger partial charge in [-0.05, 0) is 57.0 Å². The van der Waals surface area contributed by atoms with E-state index in [4.69, 9.17) is 4.74 Å². The summed E-state index contributed by atoms with van der Waals surface area (Å²) in [6.45, 7) is 10.6. The summed E-state index contributed by atoms with van der Waals surface area (Å²) in [5.74, 6) is 0.519. The summed E-state index contributed by atoms with van der Waals surface area (Å²) in [7, 11) is 0. The fourth-order valence-electron chi connectivity index (χ4n) is 3.70. The van der Waals surface area contributed by atoms with Crippen LogP contribution in [0.2, 0.25) is 0 Å². The second-order valence-electron chi connectivity index (χ2n) is 8.19. The molecule has 0 spiro atoms. The Morgan fingerprint density at radius 2 is 1.71 bits per heavy atom. The molecule has 7 heteroatoms. The fraction of sp³-hybridized carbons (Fsp3) is 0.417. The Labute approximate surface area is 192 Å². The second-order valence-corrected chi connectivity index (χ2v) is 9.11. The van der Waals surface area contributed by atoms with Crippen molar-refractivity contribution >= 4 is 33.4 Å². The number of amides is 2. The van der Waals surface area contributed by atoms with Crippen molar-refractivity contribution < 1.29 is 14.3 Å². The molecular weight excluding hydrogens is 458 g/mol. The summed E-state index contributed by atoms with van der Waals surface area (Å²) in [5.41, 5.74) is 3.56. The van der Waals surface area contributed by atoms with Gasteiger partial charge in [-0.3, -0.25) is 14.5 Å². The van der Waals surface area contributed by atoms with Gasteiger partial charge in [-0.25, -0.2) is 0 Å². The van der Waals surface area contributed by atoms with Gasteiger partial charge in [-0.1, -0.05) is 34.1 Å². The zero-order chi connectivity index (χ0) is 22.5. The number of anilines is 1. The molecule has 1 N–H and O–H groups in total. The third kappa shape index (κ3) is 6.08. The van der Waals surface area contributed by atoms with Crippen LogP contribution in [0.4, 0.5) is 5.69 Å². The van der Waals surface area contributed by atoms with E-state index in [0.29, 0.717) is 44.0 Å². The molecule has 1 heterocycles. The summed E-state index contributed by atoms with van der Waals surface area (Å²) in [4.78, 5) is 29.6. The molecule has 2 aromatic carbocycles. The van der Waals surface area contributed by atoms with E-state index in [-0.39, 0.29) is 17.9 Å². The standard InChI is InChI=1S/C24H30BrN3O3/c1-16(2)31-21-14-19(25)8-9-20(21)24(30)28-12-10-27(11-13-28)15-22(29)26-23-17(3)6-5-7-18(23)4/h5-9,14,16H,10-13,15H2,1-4H3,(H,26,29). The van der Waals surface area contributed by atoms with Crippen LogP contribution in [0.3, 0.4) is 0 Å². The first kappa shape index (κ1) is 23.3. The van der Waals surface area contributed by atoms with Crippen molar-refractivity contribution in [3.8, 4) is 5.75 Å². The molecule has 0 unspecified atom stereocenters. The smallest absolute Gasteiger partial charge is 0.257 e. The molecule has 1 fully saturated rings. The maximum absolute atomic E-state index is 13.1. The number of carbonyl (C=O) groups is 2. The molecule has 1 saturated heterocycles. The van der Waals surface area contributed by atoms with E-state index in [1.54, 1.807) is 6.07 Å². The van der Waals surface area contributed by atoms with Gasteiger partial charge < -0.3 is 15.0 Å². The predicted octanol–water partition coefficient (Wildman–Crippen LogP) is 4.25. The number of piperazine rings is 1. The van der Waals surface area contributed by atoms with Crippen LogP contribution in [-0.4, -0.2) is 60.4 Å². The van der Waals surface area contributed by atoms with Crippen molar-refractivity contribution in [3.05, 3.63) is 57.6 Å². The highest BCUT2D eigenvalue weighted by Gasteiger charge is 2.26. The third-order valence-electron chi connectivity index (χ3n) is 5.31. The maximum Gasteiger partial charge on any atom is 0.257 e. The Balaban J connectivity index is 1.57. The number of nitrogens with one attached hydrogen (secondary N) is 1. The number of carbonyl (C=O) groups excluding carboxylic acids is 2. The number of nitrogens with zero attached hydrogens (tertiary/aromatic N) is 2. The number of ether oxygens (including phenoxy) is 1. The SMILES string of the molecule is Cc1cccc(C)c1NC(=O)CN1CCN(C(=O)c2ccc(Br)cc2OC(C)C)CC1. The van der Waals surface area contributed by atoms with Gasteiger partial charge in [0.2, 0.25) is 5.91 Å². The lowest BCUT2D eigenvalue weighted by molar-refractivity contribution is -0.117. The summed E-state index contributed by atoms with van der Waals surface area (Å²) in [6, 6.07) is 11.5. The molecule has 0 aliphatic carbocycles.